The molecule has 0 bridgehead atoms. The van der Waals surface area contributed by atoms with Gasteiger partial charge in [0.25, 0.3) is 10.0 Å². The van der Waals surface area contributed by atoms with Gasteiger partial charge in [-0.3, -0.25) is 9.59 Å². The smallest absolute Gasteiger partial charge is 0.253 e. The lowest BCUT2D eigenvalue weighted by atomic mass is 10.1. The van der Waals surface area contributed by atoms with Gasteiger partial charge in [-0.25, -0.2) is 8.42 Å². The van der Waals surface area contributed by atoms with Gasteiger partial charge in [0.05, 0.1) is 4.34 Å². The molecule has 0 unspecified atom stereocenters. The van der Waals surface area contributed by atoms with Crippen LogP contribution in [0, 0.1) is 0 Å². The monoisotopic (exact) mass is 412 g/mol. The summed E-state index contributed by atoms with van der Waals surface area (Å²) in [5.41, 5.74) is 0.943. The Labute approximate surface area is 160 Å². The van der Waals surface area contributed by atoms with Gasteiger partial charge in [0, 0.05) is 17.8 Å². The number of nitrogens with zero attached hydrogens (tertiary/aromatic N) is 1. The van der Waals surface area contributed by atoms with Crippen LogP contribution in [0.5, 0.6) is 0 Å². The van der Waals surface area contributed by atoms with E-state index >= 15 is 0 Å². The molecule has 1 aliphatic heterocycles. The first kappa shape index (κ1) is 19.0. The van der Waals surface area contributed by atoms with Crippen molar-refractivity contribution in [3.63, 3.8) is 0 Å². The number of hydrogen-bond donors (Lipinski definition) is 1. The number of halogens is 1. The Balaban J connectivity index is 1.80. The van der Waals surface area contributed by atoms with E-state index in [0.717, 1.165) is 11.3 Å². The number of ketones is 1. The van der Waals surface area contributed by atoms with E-state index in [1.807, 2.05) is 0 Å². The van der Waals surface area contributed by atoms with E-state index in [4.69, 9.17) is 11.6 Å². The van der Waals surface area contributed by atoms with Gasteiger partial charge in [-0.15, -0.1) is 11.3 Å². The first-order valence-corrected chi connectivity index (χ1v) is 10.6. The summed E-state index contributed by atoms with van der Waals surface area (Å²) < 4.78 is 27.3. The minimum absolute atomic E-state index is 0.110. The number of hydrogen-bond acceptors (Lipinski definition) is 5. The molecule has 1 N–H and O–H groups in total. The van der Waals surface area contributed by atoms with Crippen LogP contribution in [0.4, 0.5) is 5.69 Å². The van der Waals surface area contributed by atoms with Crippen LogP contribution >= 0.6 is 22.9 Å². The highest BCUT2D eigenvalue weighted by Gasteiger charge is 2.40. The molecule has 26 heavy (non-hydrogen) atoms. The molecule has 2 heterocycles. The van der Waals surface area contributed by atoms with Gasteiger partial charge >= 0.3 is 0 Å². The Morgan fingerprint density at radius 1 is 1.27 bits per heavy atom. The quantitative estimate of drug-likeness (QED) is 0.763. The number of carbonyl (C=O) groups is 2. The van der Waals surface area contributed by atoms with Crippen molar-refractivity contribution in [1.29, 1.82) is 0 Å². The maximum atomic E-state index is 12.8. The topological polar surface area (TPSA) is 83.6 Å². The fourth-order valence-electron chi connectivity index (χ4n) is 2.88. The fraction of sp³-hybridized carbons (Fsp3) is 0.294. The van der Waals surface area contributed by atoms with Crippen LogP contribution in [0.15, 0.2) is 40.6 Å². The number of nitrogens with one attached hydrogen (secondary N) is 1. The molecule has 1 fully saturated rings. The summed E-state index contributed by atoms with van der Waals surface area (Å²) in [7, 11) is -3.77. The summed E-state index contributed by atoms with van der Waals surface area (Å²) in [6, 6.07) is 8.75. The van der Waals surface area contributed by atoms with E-state index in [0.29, 0.717) is 28.4 Å². The van der Waals surface area contributed by atoms with E-state index in [9.17, 15) is 18.0 Å². The molecule has 1 aromatic heterocycles. The number of amides is 1. The predicted molar refractivity (Wildman–Crippen MR) is 101 cm³/mol. The lowest BCUT2D eigenvalue weighted by molar-refractivity contribution is -0.119. The Kier molecular flexibility index (Phi) is 5.47. The zero-order valence-electron chi connectivity index (χ0n) is 13.9. The molecule has 6 nitrogen and oxygen atoms in total. The van der Waals surface area contributed by atoms with E-state index < -0.39 is 22.0 Å². The summed E-state index contributed by atoms with van der Waals surface area (Å²) in [5, 5.41) is 2.72. The minimum atomic E-state index is -3.77. The fourth-order valence-corrected chi connectivity index (χ4v) is 6.15. The Morgan fingerprint density at radius 2 is 2.04 bits per heavy atom. The molecule has 0 radical (unpaired) electrons. The summed E-state index contributed by atoms with van der Waals surface area (Å²) in [6.07, 6.45) is 1.04. The normalized spacial score (nSPS) is 18.0. The summed E-state index contributed by atoms with van der Waals surface area (Å²) >= 11 is 6.82. The van der Waals surface area contributed by atoms with Crippen LogP contribution in [0.3, 0.4) is 0 Å². The third-order valence-electron chi connectivity index (χ3n) is 4.15. The van der Waals surface area contributed by atoms with Gasteiger partial charge in [0.15, 0.2) is 5.78 Å². The van der Waals surface area contributed by atoms with Crippen molar-refractivity contribution in [2.75, 3.05) is 11.9 Å². The second-order valence-electron chi connectivity index (χ2n) is 5.96. The maximum absolute atomic E-state index is 12.8. The van der Waals surface area contributed by atoms with Crippen molar-refractivity contribution in [2.24, 2.45) is 0 Å². The molecular weight excluding hydrogens is 396 g/mol. The minimum Gasteiger partial charge on any atom is -0.325 e. The number of carbonyl (C=O) groups excluding carboxylic acids is 2. The van der Waals surface area contributed by atoms with Crippen LogP contribution in [-0.4, -0.2) is 37.0 Å². The van der Waals surface area contributed by atoms with Crippen LogP contribution < -0.4 is 5.32 Å². The molecule has 3 rings (SSSR count). The van der Waals surface area contributed by atoms with Gasteiger partial charge in [-0.05, 0) is 44.0 Å². The number of sulfonamides is 1. The van der Waals surface area contributed by atoms with Crippen LogP contribution in [0.1, 0.15) is 30.1 Å². The third kappa shape index (κ3) is 3.83. The number of benzene rings is 1. The molecule has 1 aliphatic rings. The van der Waals surface area contributed by atoms with Gasteiger partial charge in [-0.1, -0.05) is 23.7 Å². The highest BCUT2D eigenvalue weighted by Crippen LogP contribution is 2.32. The first-order chi connectivity index (χ1) is 12.3. The van der Waals surface area contributed by atoms with Gasteiger partial charge in [-0.2, -0.15) is 4.31 Å². The summed E-state index contributed by atoms with van der Waals surface area (Å²) in [5.74, 6) is -0.518. The second kappa shape index (κ2) is 7.48. The van der Waals surface area contributed by atoms with E-state index in [2.05, 4.69) is 5.32 Å². The van der Waals surface area contributed by atoms with E-state index in [-0.39, 0.29) is 16.5 Å². The van der Waals surface area contributed by atoms with Crippen molar-refractivity contribution in [3.05, 3.63) is 46.3 Å². The summed E-state index contributed by atoms with van der Waals surface area (Å²) in [6.45, 7) is 1.72. The predicted octanol–water partition coefficient (Wildman–Crippen LogP) is 3.40. The van der Waals surface area contributed by atoms with Crippen molar-refractivity contribution >= 4 is 50.3 Å². The SMILES string of the molecule is CC(=O)c1cccc(NC(=O)[C@H]2CCCN2S(=O)(=O)c2ccc(Cl)s2)c1. The lowest BCUT2D eigenvalue weighted by Crippen LogP contribution is -2.42. The molecule has 1 atom stereocenters. The molecule has 1 saturated heterocycles. The molecule has 138 valence electrons. The van der Waals surface area contributed by atoms with Gasteiger partial charge in [0.1, 0.15) is 10.3 Å². The molecule has 9 heteroatoms. The van der Waals surface area contributed by atoms with Crippen LogP contribution in [0.25, 0.3) is 0 Å². The highest BCUT2D eigenvalue weighted by molar-refractivity contribution is 7.91. The molecule has 2 aromatic rings. The molecule has 1 aromatic carbocycles. The molecule has 0 aliphatic carbocycles. The largest absolute Gasteiger partial charge is 0.325 e. The number of thiophene rings is 1. The average molecular weight is 413 g/mol. The van der Waals surface area contributed by atoms with Crippen molar-refractivity contribution in [2.45, 2.75) is 30.0 Å². The standard InChI is InChI=1S/C17H17ClN2O4S2/c1-11(21)12-4-2-5-13(10-12)19-17(22)14-6-3-9-20(14)26(23,24)16-8-7-15(18)25-16/h2,4-5,7-8,10,14H,3,6,9H2,1H3,(H,19,22)/t14-/m1/s1. The zero-order valence-corrected chi connectivity index (χ0v) is 16.3. The Bertz CT molecular complexity index is 955. The van der Waals surface area contributed by atoms with Crippen molar-refractivity contribution in [1.82, 2.24) is 4.31 Å². The Morgan fingerprint density at radius 3 is 2.69 bits per heavy atom. The van der Waals surface area contributed by atoms with Crippen LogP contribution in [-0.2, 0) is 14.8 Å². The van der Waals surface area contributed by atoms with E-state index in [1.54, 1.807) is 24.3 Å². The lowest BCUT2D eigenvalue weighted by Gasteiger charge is -2.22. The van der Waals surface area contributed by atoms with Crippen LogP contribution in [0.2, 0.25) is 4.34 Å². The van der Waals surface area contributed by atoms with Gasteiger partial charge in [0.2, 0.25) is 5.91 Å². The Hall–Kier alpha value is -1.74. The highest BCUT2D eigenvalue weighted by atomic mass is 35.5. The zero-order chi connectivity index (χ0) is 18.9. The second-order valence-corrected chi connectivity index (χ2v) is 9.79. The summed E-state index contributed by atoms with van der Waals surface area (Å²) in [4.78, 5) is 24.1. The van der Waals surface area contributed by atoms with Crippen molar-refractivity contribution < 1.29 is 18.0 Å². The van der Waals surface area contributed by atoms with E-state index in [1.165, 1.54) is 23.4 Å². The third-order valence-corrected chi connectivity index (χ3v) is 7.76. The molecule has 1 amide bonds. The molecular formula is C17H17ClN2O4S2. The number of rotatable bonds is 5. The maximum Gasteiger partial charge on any atom is 0.253 e. The first-order valence-electron chi connectivity index (χ1n) is 7.98. The molecule has 0 spiro atoms. The number of anilines is 1. The average Bonchev–Trinajstić information content (AvgIpc) is 3.24. The molecule has 0 saturated carbocycles. The van der Waals surface area contributed by atoms with Gasteiger partial charge < -0.3 is 5.32 Å². The number of Topliss-reactive ketones (excluding diaryl/α,β-unsaturated/α-hetero) is 1. The van der Waals surface area contributed by atoms with Crippen molar-refractivity contribution in [3.8, 4) is 0 Å².